The van der Waals surface area contributed by atoms with Gasteiger partial charge in [-0.05, 0) is 36.4 Å². The molecule has 2 rings (SSSR count). The van der Waals surface area contributed by atoms with Crippen LogP contribution in [0.2, 0.25) is 0 Å². The van der Waals surface area contributed by atoms with Crippen LogP contribution in [0.1, 0.15) is 10.5 Å². The Hall–Kier alpha value is -1.88. The molecule has 0 aliphatic heterocycles. The summed E-state index contributed by atoms with van der Waals surface area (Å²) in [6, 6.07) is 10.6. The van der Waals surface area contributed by atoms with E-state index >= 15 is 0 Å². The zero-order valence-corrected chi connectivity index (χ0v) is 10.3. The first-order valence-corrected chi connectivity index (χ1v) is 5.64. The zero-order valence-electron chi connectivity index (χ0n) is 8.76. The number of halogens is 1. The van der Waals surface area contributed by atoms with Crippen LogP contribution in [-0.4, -0.2) is 10.9 Å². The predicted molar refractivity (Wildman–Crippen MR) is 67.0 cm³/mol. The summed E-state index contributed by atoms with van der Waals surface area (Å²) >= 11 is 3.33. The minimum atomic E-state index is -0.613. The molecular weight excluding hydrogens is 284 g/mol. The van der Waals surface area contributed by atoms with Crippen molar-refractivity contribution in [3.05, 3.63) is 52.8 Å². The maximum atomic E-state index is 11.1. The Kier molecular flexibility index (Phi) is 3.39. The van der Waals surface area contributed by atoms with Crippen molar-refractivity contribution in [2.75, 3.05) is 0 Å². The summed E-state index contributed by atoms with van der Waals surface area (Å²) < 4.78 is 6.49. The van der Waals surface area contributed by atoms with Gasteiger partial charge in [-0.15, -0.1) is 0 Å². The third-order valence-corrected chi connectivity index (χ3v) is 2.57. The highest BCUT2D eigenvalue weighted by Crippen LogP contribution is 2.24. The quantitative estimate of drug-likeness (QED) is 0.946. The van der Waals surface area contributed by atoms with E-state index in [4.69, 9.17) is 10.5 Å². The fraction of sp³-hybridized carbons (Fsp3) is 0. The van der Waals surface area contributed by atoms with Crippen molar-refractivity contribution in [1.29, 1.82) is 0 Å². The van der Waals surface area contributed by atoms with E-state index in [9.17, 15) is 4.79 Å². The van der Waals surface area contributed by atoms with Gasteiger partial charge in [-0.1, -0.05) is 15.9 Å². The highest BCUT2D eigenvalue weighted by Gasteiger charge is 2.10. The van der Waals surface area contributed by atoms with Crippen LogP contribution in [0.15, 0.2) is 47.1 Å². The Bertz CT molecular complexity index is 540. The summed E-state index contributed by atoms with van der Waals surface area (Å²) in [6.45, 7) is 0. The van der Waals surface area contributed by atoms with Crippen molar-refractivity contribution in [2.24, 2.45) is 5.73 Å². The van der Waals surface area contributed by atoms with Crippen LogP contribution < -0.4 is 10.5 Å². The molecule has 0 unspecified atom stereocenters. The Labute approximate surface area is 107 Å². The van der Waals surface area contributed by atoms with Crippen molar-refractivity contribution in [3.63, 3.8) is 0 Å². The maximum absolute atomic E-state index is 11.1. The second-order valence-corrected chi connectivity index (χ2v) is 4.19. The molecule has 0 aliphatic carbocycles. The van der Waals surface area contributed by atoms with E-state index < -0.39 is 5.91 Å². The summed E-state index contributed by atoms with van der Waals surface area (Å²) in [6.07, 6.45) is 1.49. The minimum Gasteiger partial charge on any atom is -0.455 e. The molecule has 0 atom stereocenters. The van der Waals surface area contributed by atoms with E-state index in [0.717, 1.165) is 4.47 Å². The van der Waals surface area contributed by atoms with Gasteiger partial charge in [0.25, 0.3) is 5.91 Å². The number of rotatable bonds is 3. The fourth-order valence-electron chi connectivity index (χ4n) is 1.29. The van der Waals surface area contributed by atoms with E-state index in [0.29, 0.717) is 11.5 Å². The molecule has 0 bridgehead atoms. The first-order chi connectivity index (χ1) is 8.16. The number of primary amides is 1. The lowest BCUT2D eigenvalue weighted by molar-refractivity contribution is 0.0993. The molecule has 0 fully saturated rings. The standard InChI is InChI=1S/C12H9BrN2O2/c13-8-3-5-9(6-4-8)17-10-2-1-7-15-11(10)12(14)16/h1-7H,(H2,14,16). The zero-order chi connectivity index (χ0) is 12.3. The first-order valence-electron chi connectivity index (χ1n) is 4.85. The number of aromatic nitrogens is 1. The predicted octanol–water partition coefficient (Wildman–Crippen LogP) is 2.74. The third kappa shape index (κ3) is 2.82. The number of carbonyl (C=O) groups excluding carboxylic acids is 1. The summed E-state index contributed by atoms with van der Waals surface area (Å²) in [7, 11) is 0. The highest BCUT2D eigenvalue weighted by molar-refractivity contribution is 9.10. The smallest absolute Gasteiger partial charge is 0.271 e. The lowest BCUT2D eigenvalue weighted by atomic mass is 10.3. The normalized spacial score (nSPS) is 9.94. The molecule has 4 nitrogen and oxygen atoms in total. The number of nitrogens with two attached hydrogens (primary N) is 1. The van der Waals surface area contributed by atoms with Crippen molar-refractivity contribution in [1.82, 2.24) is 4.98 Å². The number of ether oxygens (including phenoxy) is 1. The van der Waals surface area contributed by atoms with Gasteiger partial charge in [0.1, 0.15) is 5.75 Å². The van der Waals surface area contributed by atoms with Gasteiger partial charge in [-0.3, -0.25) is 4.79 Å². The van der Waals surface area contributed by atoms with Crippen LogP contribution in [0.25, 0.3) is 0 Å². The second kappa shape index (κ2) is 4.97. The molecule has 1 aromatic heterocycles. The molecule has 1 heterocycles. The molecule has 0 saturated heterocycles. The number of hydrogen-bond donors (Lipinski definition) is 1. The SMILES string of the molecule is NC(=O)c1ncccc1Oc1ccc(Br)cc1. The van der Waals surface area contributed by atoms with E-state index in [1.54, 1.807) is 24.3 Å². The number of carbonyl (C=O) groups is 1. The van der Waals surface area contributed by atoms with Gasteiger partial charge in [-0.2, -0.15) is 0 Å². The van der Waals surface area contributed by atoms with Crippen LogP contribution in [0.4, 0.5) is 0 Å². The summed E-state index contributed by atoms with van der Waals surface area (Å²) in [5.41, 5.74) is 5.32. The molecule has 0 radical (unpaired) electrons. The van der Waals surface area contributed by atoms with Crippen LogP contribution >= 0.6 is 15.9 Å². The topological polar surface area (TPSA) is 65.2 Å². The fourth-order valence-corrected chi connectivity index (χ4v) is 1.55. The Balaban J connectivity index is 2.30. The van der Waals surface area contributed by atoms with Crippen LogP contribution in [0.3, 0.4) is 0 Å². The molecule has 5 heteroatoms. The van der Waals surface area contributed by atoms with Gasteiger partial charge in [0.15, 0.2) is 11.4 Å². The van der Waals surface area contributed by atoms with Gasteiger partial charge in [-0.25, -0.2) is 4.98 Å². The third-order valence-electron chi connectivity index (χ3n) is 2.05. The van der Waals surface area contributed by atoms with Gasteiger partial charge in [0.05, 0.1) is 0 Å². The summed E-state index contributed by atoms with van der Waals surface area (Å²) in [5, 5.41) is 0. The van der Waals surface area contributed by atoms with Gasteiger partial charge >= 0.3 is 0 Å². The minimum absolute atomic E-state index is 0.121. The van der Waals surface area contributed by atoms with E-state index in [-0.39, 0.29) is 5.69 Å². The average Bonchev–Trinajstić information content (AvgIpc) is 2.32. The van der Waals surface area contributed by atoms with Crippen molar-refractivity contribution in [3.8, 4) is 11.5 Å². The summed E-state index contributed by atoms with van der Waals surface area (Å²) in [5.74, 6) is 0.351. The maximum Gasteiger partial charge on any atom is 0.271 e. The van der Waals surface area contributed by atoms with Crippen molar-refractivity contribution < 1.29 is 9.53 Å². The molecule has 1 amide bonds. The average molecular weight is 293 g/mol. The Morgan fingerprint density at radius 2 is 1.94 bits per heavy atom. The van der Waals surface area contributed by atoms with E-state index in [2.05, 4.69) is 20.9 Å². The molecule has 17 heavy (non-hydrogen) atoms. The van der Waals surface area contributed by atoms with E-state index in [1.807, 2.05) is 12.1 Å². The Morgan fingerprint density at radius 1 is 1.24 bits per heavy atom. The van der Waals surface area contributed by atoms with Crippen LogP contribution in [0, 0.1) is 0 Å². The largest absolute Gasteiger partial charge is 0.455 e. The number of benzene rings is 1. The van der Waals surface area contributed by atoms with Gasteiger partial charge in [0.2, 0.25) is 0 Å². The van der Waals surface area contributed by atoms with Gasteiger partial charge in [0, 0.05) is 10.7 Å². The molecule has 0 aliphatic rings. The molecule has 0 spiro atoms. The Morgan fingerprint density at radius 3 is 2.59 bits per heavy atom. The number of pyridine rings is 1. The van der Waals surface area contributed by atoms with Crippen LogP contribution in [-0.2, 0) is 0 Å². The number of amides is 1. The number of nitrogens with zero attached hydrogens (tertiary/aromatic N) is 1. The highest BCUT2D eigenvalue weighted by atomic mass is 79.9. The number of hydrogen-bond acceptors (Lipinski definition) is 3. The molecular formula is C12H9BrN2O2. The second-order valence-electron chi connectivity index (χ2n) is 3.27. The van der Waals surface area contributed by atoms with Crippen molar-refractivity contribution in [2.45, 2.75) is 0 Å². The van der Waals surface area contributed by atoms with E-state index in [1.165, 1.54) is 6.20 Å². The van der Waals surface area contributed by atoms with Crippen molar-refractivity contribution >= 4 is 21.8 Å². The van der Waals surface area contributed by atoms with Crippen LogP contribution in [0.5, 0.6) is 11.5 Å². The molecule has 1 aromatic carbocycles. The lowest BCUT2D eigenvalue weighted by Crippen LogP contribution is -2.14. The lowest BCUT2D eigenvalue weighted by Gasteiger charge is -2.07. The first kappa shape index (κ1) is 11.6. The van der Waals surface area contributed by atoms with Gasteiger partial charge < -0.3 is 10.5 Å². The molecule has 86 valence electrons. The summed E-state index contributed by atoms with van der Waals surface area (Å²) in [4.78, 5) is 15.0. The molecule has 2 aromatic rings. The molecule has 0 saturated carbocycles. The monoisotopic (exact) mass is 292 g/mol. The molecule has 2 N–H and O–H groups in total.